The topological polar surface area (TPSA) is 0 Å². The van der Waals surface area contributed by atoms with Gasteiger partial charge in [-0.3, -0.25) is 0 Å². The molecule has 1 radical (unpaired) electrons. The van der Waals surface area contributed by atoms with Crippen LogP contribution in [0.5, 0.6) is 0 Å². The molecule has 0 aromatic carbocycles. The Morgan fingerprint density at radius 3 is 2.50 bits per heavy atom. The second-order valence-corrected chi connectivity index (χ2v) is 3.44. The fourth-order valence-corrected chi connectivity index (χ4v) is 2.28. The maximum atomic E-state index is 2.52. The predicted molar refractivity (Wildman–Crippen MR) is 34.3 cm³/mol. The van der Waals surface area contributed by atoms with Gasteiger partial charge < -0.3 is 0 Å². The van der Waals surface area contributed by atoms with Crippen molar-refractivity contribution in [3.63, 3.8) is 0 Å². The molecule has 0 saturated heterocycles. The van der Waals surface area contributed by atoms with Crippen molar-refractivity contribution in [3.05, 3.63) is 6.42 Å². The van der Waals surface area contributed by atoms with Crippen LogP contribution in [-0.2, 0) is 0 Å². The molecular weight excluding hydrogens is 96.1 g/mol. The molecule has 0 aromatic rings. The highest BCUT2D eigenvalue weighted by Gasteiger charge is 2.36. The first-order valence-corrected chi connectivity index (χ1v) is 3.69. The molecule has 2 bridgehead atoms. The molecular formula is C8H13. The van der Waals surface area contributed by atoms with Gasteiger partial charge in [0.25, 0.3) is 0 Å². The third kappa shape index (κ3) is 0.519. The number of hydrogen-bond donors (Lipinski definition) is 0. The molecule has 2 saturated carbocycles. The highest BCUT2D eigenvalue weighted by Crippen LogP contribution is 2.47. The van der Waals surface area contributed by atoms with Gasteiger partial charge in [-0.05, 0) is 43.4 Å². The molecule has 0 nitrogen and oxygen atoms in total. The van der Waals surface area contributed by atoms with Crippen molar-refractivity contribution in [1.29, 1.82) is 0 Å². The summed E-state index contributed by atoms with van der Waals surface area (Å²) in [6.07, 6.45) is 6.95. The van der Waals surface area contributed by atoms with E-state index >= 15 is 0 Å². The molecule has 2 fully saturated rings. The number of fused-ring (bicyclic) bond motifs is 2. The second-order valence-electron chi connectivity index (χ2n) is 3.44. The van der Waals surface area contributed by atoms with Gasteiger partial charge in [-0.15, -0.1) is 0 Å². The molecule has 0 spiro atoms. The Morgan fingerprint density at radius 1 is 1.38 bits per heavy atom. The van der Waals surface area contributed by atoms with Crippen molar-refractivity contribution in [2.24, 2.45) is 17.8 Å². The van der Waals surface area contributed by atoms with Gasteiger partial charge in [-0.2, -0.15) is 0 Å². The van der Waals surface area contributed by atoms with Gasteiger partial charge in [0.1, 0.15) is 0 Å². The van der Waals surface area contributed by atoms with Gasteiger partial charge in [0.2, 0.25) is 0 Å². The van der Waals surface area contributed by atoms with Crippen molar-refractivity contribution < 1.29 is 0 Å². The number of rotatable bonds is 0. The molecule has 8 heavy (non-hydrogen) atoms. The van der Waals surface area contributed by atoms with Crippen LogP contribution in [-0.4, -0.2) is 0 Å². The van der Waals surface area contributed by atoms with Crippen LogP contribution in [0.25, 0.3) is 0 Å². The first kappa shape index (κ1) is 4.84. The van der Waals surface area contributed by atoms with Crippen LogP contribution in [0, 0.1) is 24.2 Å². The van der Waals surface area contributed by atoms with E-state index in [0.717, 1.165) is 17.8 Å². The van der Waals surface area contributed by atoms with E-state index < -0.39 is 0 Å². The Morgan fingerprint density at radius 2 is 2.25 bits per heavy atom. The summed E-state index contributed by atoms with van der Waals surface area (Å²) < 4.78 is 0. The summed E-state index contributed by atoms with van der Waals surface area (Å²) in [6, 6.07) is 0. The summed E-state index contributed by atoms with van der Waals surface area (Å²) in [5.74, 6) is 3.15. The summed E-state index contributed by atoms with van der Waals surface area (Å²) in [5.41, 5.74) is 0. The Kier molecular flexibility index (Phi) is 0.902. The third-order valence-electron chi connectivity index (χ3n) is 2.86. The van der Waals surface area contributed by atoms with Crippen LogP contribution in [0.4, 0.5) is 0 Å². The highest BCUT2D eigenvalue weighted by molar-refractivity contribution is 4.97. The van der Waals surface area contributed by atoms with Crippen molar-refractivity contribution >= 4 is 0 Å². The van der Waals surface area contributed by atoms with Gasteiger partial charge in [0.05, 0.1) is 0 Å². The average Bonchev–Trinajstić information content (AvgIpc) is 2.23. The number of hydrogen-bond acceptors (Lipinski definition) is 0. The lowest BCUT2D eigenvalue weighted by atomic mass is 9.91. The monoisotopic (exact) mass is 109 g/mol. The largest absolute Gasteiger partial charge is 0.0622 e. The molecule has 0 aromatic heterocycles. The fourth-order valence-electron chi connectivity index (χ4n) is 2.28. The third-order valence-corrected chi connectivity index (χ3v) is 2.86. The Bertz CT molecular complexity index is 94.2. The molecule has 0 aliphatic heterocycles. The molecule has 3 unspecified atom stereocenters. The van der Waals surface area contributed by atoms with Crippen LogP contribution in [0.2, 0.25) is 0 Å². The minimum absolute atomic E-state index is 1.02. The van der Waals surface area contributed by atoms with Crippen LogP contribution in [0.3, 0.4) is 0 Å². The first-order valence-electron chi connectivity index (χ1n) is 3.69. The van der Waals surface area contributed by atoms with Gasteiger partial charge in [0.15, 0.2) is 0 Å². The normalized spacial score (nSPS) is 52.9. The van der Waals surface area contributed by atoms with Gasteiger partial charge in [-0.25, -0.2) is 0 Å². The quantitative estimate of drug-likeness (QED) is 0.447. The van der Waals surface area contributed by atoms with E-state index in [0.29, 0.717) is 0 Å². The van der Waals surface area contributed by atoms with Gasteiger partial charge >= 0.3 is 0 Å². The molecule has 0 amide bonds. The molecule has 2 aliphatic rings. The molecule has 2 rings (SSSR count). The summed E-state index contributed by atoms with van der Waals surface area (Å²) in [7, 11) is 0. The van der Waals surface area contributed by atoms with E-state index in [9.17, 15) is 0 Å². The summed E-state index contributed by atoms with van der Waals surface area (Å²) in [5, 5.41) is 0. The van der Waals surface area contributed by atoms with Crippen LogP contribution >= 0.6 is 0 Å². The van der Waals surface area contributed by atoms with Gasteiger partial charge in [0, 0.05) is 0 Å². The Balaban J connectivity index is 2.11. The highest BCUT2D eigenvalue weighted by atomic mass is 14.4. The molecule has 2 aliphatic carbocycles. The molecule has 0 heterocycles. The van der Waals surface area contributed by atoms with E-state index in [1.54, 1.807) is 0 Å². The minimum Gasteiger partial charge on any atom is -0.0622 e. The smallest absolute Gasteiger partial charge is 0.0352 e. The first-order chi connectivity index (χ1) is 3.86. The maximum Gasteiger partial charge on any atom is -0.0352 e. The Hall–Kier alpha value is 0. The molecule has 0 heteroatoms. The predicted octanol–water partition coefficient (Wildman–Crippen LogP) is 2.26. The van der Waals surface area contributed by atoms with Crippen LogP contribution in [0.15, 0.2) is 0 Å². The van der Waals surface area contributed by atoms with Crippen molar-refractivity contribution in [2.45, 2.75) is 26.2 Å². The lowest BCUT2D eigenvalue weighted by molar-refractivity contribution is 0.402. The molecule has 0 N–H and O–H groups in total. The van der Waals surface area contributed by atoms with Crippen molar-refractivity contribution in [1.82, 2.24) is 0 Å². The van der Waals surface area contributed by atoms with E-state index in [4.69, 9.17) is 0 Å². The van der Waals surface area contributed by atoms with E-state index in [1.165, 1.54) is 19.3 Å². The van der Waals surface area contributed by atoms with Crippen molar-refractivity contribution in [3.8, 4) is 0 Å². The molecule has 3 atom stereocenters. The van der Waals surface area contributed by atoms with Gasteiger partial charge in [-0.1, -0.05) is 6.92 Å². The standard InChI is InChI=1S/C8H13/c1-6-4-7-2-3-8(6)5-7/h2,6-8H,3-5H2,1H3. The second kappa shape index (κ2) is 1.49. The zero-order valence-corrected chi connectivity index (χ0v) is 5.43. The van der Waals surface area contributed by atoms with E-state index in [-0.39, 0.29) is 0 Å². The average molecular weight is 109 g/mol. The lowest BCUT2D eigenvalue weighted by Crippen LogP contribution is -2.05. The summed E-state index contributed by atoms with van der Waals surface area (Å²) >= 11 is 0. The SMILES string of the molecule is CC1CC2[CH]CC1C2. The van der Waals surface area contributed by atoms with Crippen molar-refractivity contribution in [2.75, 3.05) is 0 Å². The van der Waals surface area contributed by atoms with E-state index in [2.05, 4.69) is 13.3 Å². The molecule has 45 valence electrons. The van der Waals surface area contributed by atoms with Crippen LogP contribution in [0.1, 0.15) is 26.2 Å². The zero-order valence-electron chi connectivity index (χ0n) is 5.43. The summed E-state index contributed by atoms with van der Waals surface area (Å²) in [6.45, 7) is 2.40. The lowest BCUT2D eigenvalue weighted by Gasteiger charge is -2.15. The zero-order chi connectivity index (χ0) is 5.56. The Labute approximate surface area is 51.3 Å². The van der Waals surface area contributed by atoms with Crippen LogP contribution < -0.4 is 0 Å². The maximum absolute atomic E-state index is 2.52. The van der Waals surface area contributed by atoms with E-state index in [1.807, 2.05) is 0 Å². The minimum atomic E-state index is 1.02. The fraction of sp³-hybridized carbons (Fsp3) is 0.875. The summed E-state index contributed by atoms with van der Waals surface area (Å²) in [4.78, 5) is 0.